The van der Waals surface area contributed by atoms with Crippen LogP contribution in [0, 0.1) is 0 Å². The van der Waals surface area contributed by atoms with E-state index in [0.29, 0.717) is 13.0 Å². The average Bonchev–Trinajstić information content (AvgIpc) is 2.19. The van der Waals surface area contributed by atoms with E-state index in [0.717, 1.165) is 35.9 Å². The SMILES string of the molecule is FC1(C2=C(Br)CCC=C2)CCCNC1. The van der Waals surface area contributed by atoms with Crippen LogP contribution >= 0.6 is 15.9 Å². The maximum atomic E-state index is 14.5. The van der Waals surface area contributed by atoms with Gasteiger partial charge in [0, 0.05) is 16.6 Å². The van der Waals surface area contributed by atoms with E-state index in [1.807, 2.05) is 6.08 Å². The Balaban J connectivity index is 2.23. The number of halogens is 2. The molecule has 0 aromatic heterocycles. The summed E-state index contributed by atoms with van der Waals surface area (Å²) in [5.41, 5.74) is -0.287. The summed E-state index contributed by atoms with van der Waals surface area (Å²) in [6, 6.07) is 0. The van der Waals surface area contributed by atoms with Gasteiger partial charge in [0.25, 0.3) is 0 Å². The first-order valence-corrected chi connectivity index (χ1v) is 5.97. The Bertz CT molecular complexity index is 277. The Labute approximate surface area is 92.6 Å². The van der Waals surface area contributed by atoms with Gasteiger partial charge < -0.3 is 5.32 Å². The van der Waals surface area contributed by atoms with E-state index in [9.17, 15) is 4.39 Å². The van der Waals surface area contributed by atoms with Crippen molar-refractivity contribution in [3.8, 4) is 0 Å². The molecule has 0 aromatic rings. The van der Waals surface area contributed by atoms with Crippen LogP contribution in [0.3, 0.4) is 0 Å². The van der Waals surface area contributed by atoms with Crippen molar-refractivity contribution in [1.29, 1.82) is 0 Å². The van der Waals surface area contributed by atoms with Gasteiger partial charge in [-0.15, -0.1) is 0 Å². The van der Waals surface area contributed by atoms with E-state index in [4.69, 9.17) is 0 Å². The van der Waals surface area contributed by atoms with Crippen LogP contribution in [0.15, 0.2) is 22.2 Å². The third kappa shape index (κ3) is 1.94. The van der Waals surface area contributed by atoms with Gasteiger partial charge in [-0.1, -0.05) is 28.1 Å². The van der Waals surface area contributed by atoms with Crippen molar-refractivity contribution in [2.75, 3.05) is 13.1 Å². The largest absolute Gasteiger partial charge is 0.313 e. The summed E-state index contributed by atoms with van der Waals surface area (Å²) >= 11 is 3.49. The van der Waals surface area contributed by atoms with E-state index in [-0.39, 0.29) is 0 Å². The number of hydrogen-bond acceptors (Lipinski definition) is 1. The lowest BCUT2D eigenvalue weighted by atomic mass is 9.85. The molecule has 2 rings (SSSR count). The van der Waals surface area contributed by atoms with Crippen molar-refractivity contribution in [2.45, 2.75) is 31.4 Å². The van der Waals surface area contributed by atoms with Crippen LogP contribution in [0.1, 0.15) is 25.7 Å². The van der Waals surface area contributed by atoms with Crippen LogP contribution in [0.5, 0.6) is 0 Å². The number of allylic oxidation sites excluding steroid dienone is 3. The fraction of sp³-hybridized carbons (Fsp3) is 0.636. The van der Waals surface area contributed by atoms with Crippen molar-refractivity contribution in [2.24, 2.45) is 0 Å². The molecule has 1 aliphatic carbocycles. The van der Waals surface area contributed by atoms with E-state index >= 15 is 0 Å². The van der Waals surface area contributed by atoms with E-state index in [2.05, 4.69) is 27.3 Å². The lowest BCUT2D eigenvalue weighted by Gasteiger charge is -2.33. The molecule has 1 saturated heterocycles. The van der Waals surface area contributed by atoms with Gasteiger partial charge in [0.05, 0.1) is 0 Å². The molecule has 0 bridgehead atoms. The van der Waals surface area contributed by atoms with Crippen molar-refractivity contribution in [1.82, 2.24) is 5.32 Å². The second-order valence-corrected chi connectivity index (χ2v) is 4.96. The molecular weight excluding hydrogens is 245 g/mol. The Morgan fingerprint density at radius 1 is 1.50 bits per heavy atom. The summed E-state index contributed by atoms with van der Waals surface area (Å²) in [5, 5.41) is 3.13. The summed E-state index contributed by atoms with van der Waals surface area (Å²) in [6.07, 6.45) is 7.55. The normalized spacial score (nSPS) is 33.6. The maximum Gasteiger partial charge on any atom is 0.149 e. The Hall–Kier alpha value is -0.150. The third-order valence-corrected chi connectivity index (χ3v) is 3.75. The van der Waals surface area contributed by atoms with Gasteiger partial charge in [-0.25, -0.2) is 4.39 Å². The predicted molar refractivity (Wildman–Crippen MR) is 60.3 cm³/mol. The molecule has 1 N–H and O–H groups in total. The van der Waals surface area contributed by atoms with Crippen molar-refractivity contribution >= 4 is 15.9 Å². The minimum absolute atomic E-state index is 0.460. The van der Waals surface area contributed by atoms with E-state index in [1.165, 1.54) is 0 Å². The van der Waals surface area contributed by atoms with Crippen molar-refractivity contribution in [3.63, 3.8) is 0 Å². The summed E-state index contributed by atoms with van der Waals surface area (Å²) in [4.78, 5) is 0. The van der Waals surface area contributed by atoms with Gasteiger partial charge in [-0.3, -0.25) is 0 Å². The van der Waals surface area contributed by atoms with Gasteiger partial charge in [0.15, 0.2) is 0 Å². The molecule has 0 aromatic carbocycles. The number of nitrogens with one attached hydrogen (secondary N) is 1. The summed E-state index contributed by atoms with van der Waals surface area (Å²) in [6.45, 7) is 1.40. The topological polar surface area (TPSA) is 12.0 Å². The maximum absolute atomic E-state index is 14.5. The van der Waals surface area contributed by atoms with Crippen LogP contribution in [-0.4, -0.2) is 18.8 Å². The van der Waals surface area contributed by atoms with Crippen molar-refractivity contribution in [3.05, 3.63) is 22.2 Å². The van der Waals surface area contributed by atoms with Crippen molar-refractivity contribution < 1.29 is 4.39 Å². The molecule has 1 heterocycles. The summed E-state index contributed by atoms with van der Waals surface area (Å²) < 4.78 is 15.6. The van der Waals surface area contributed by atoms with Gasteiger partial charge in [-0.05, 0) is 32.2 Å². The molecule has 1 unspecified atom stereocenters. The van der Waals surface area contributed by atoms with Gasteiger partial charge >= 0.3 is 0 Å². The zero-order valence-corrected chi connectivity index (χ0v) is 9.74. The molecule has 1 fully saturated rings. The highest BCUT2D eigenvalue weighted by atomic mass is 79.9. The quantitative estimate of drug-likeness (QED) is 0.764. The summed E-state index contributed by atoms with van der Waals surface area (Å²) in [5.74, 6) is 0. The van der Waals surface area contributed by atoms with E-state index in [1.54, 1.807) is 0 Å². The molecule has 0 radical (unpaired) electrons. The molecule has 1 atom stereocenters. The minimum atomic E-state index is -1.14. The first kappa shape index (κ1) is 10.4. The third-order valence-electron chi connectivity index (χ3n) is 2.92. The fourth-order valence-electron chi connectivity index (χ4n) is 2.13. The zero-order valence-electron chi connectivity index (χ0n) is 8.15. The molecule has 1 nitrogen and oxygen atoms in total. The molecule has 14 heavy (non-hydrogen) atoms. The molecule has 0 saturated carbocycles. The van der Waals surface area contributed by atoms with Crippen LogP contribution in [-0.2, 0) is 0 Å². The minimum Gasteiger partial charge on any atom is -0.313 e. The molecule has 78 valence electrons. The zero-order chi connectivity index (χ0) is 10.0. The second kappa shape index (κ2) is 4.15. The lowest BCUT2D eigenvalue weighted by molar-refractivity contribution is 0.167. The van der Waals surface area contributed by atoms with Gasteiger partial charge in [0.1, 0.15) is 5.67 Å². The molecular formula is C11H15BrFN. The average molecular weight is 260 g/mol. The molecule has 0 amide bonds. The van der Waals surface area contributed by atoms with E-state index < -0.39 is 5.67 Å². The van der Waals surface area contributed by atoms with Crippen LogP contribution in [0.25, 0.3) is 0 Å². The highest BCUT2D eigenvalue weighted by Crippen LogP contribution is 2.37. The first-order valence-electron chi connectivity index (χ1n) is 5.18. The van der Waals surface area contributed by atoms with Crippen LogP contribution < -0.4 is 5.32 Å². The first-order chi connectivity index (χ1) is 6.72. The number of rotatable bonds is 1. The number of piperidine rings is 1. The highest BCUT2D eigenvalue weighted by Gasteiger charge is 2.36. The highest BCUT2D eigenvalue weighted by molar-refractivity contribution is 9.11. The smallest absolute Gasteiger partial charge is 0.149 e. The number of alkyl halides is 1. The van der Waals surface area contributed by atoms with Gasteiger partial charge in [0.2, 0.25) is 0 Å². The Morgan fingerprint density at radius 3 is 3.00 bits per heavy atom. The fourth-order valence-corrected chi connectivity index (χ4v) is 2.84. The molecule has 2 aliphatic rings. The number of hydrogen-bond donors (Lipinski definition) is 1. The Kier molecular flexibility index (Phi) is 3.07. The standard InChI is InChI=1S/C11H15BrFN/c12-10-5-2-1-4-9(10)11(13)6-3-7-14-8-11/h1,4,14H,2-3,5-8H2. The van der Waals surface area contributed by atoms with Crippen LogP contribution in [0.4, 0.5) is 4.39 Å². The molecule has 3 heteroatoms. The van der Waals surface area contributed by atoms with Crippen LogP contribution in [0.2, 0.25) is 0 Å². The second-order valence-electron chi connectivity index (χ2n) is 4.01. The predicted octanol–water partition coefficient (Wildman–Crippen LogP) is 3.08. The van der Waals surface area contributed by atoms with Gasteiger partial charge in [-0.2, -0.15) is 0 Å². The lowest BCUT2D eigenvalue weighted by Crippen LogP contribution is -2.43. The molecule has 0 spiro atoms. The monoisotopic (exact) mass is 259 g/mol. The summed E-state index contributed by atoms with van der Waals surface area (Å²) in [7, 11) is 0. The molecule has 1 aliphatic heterocycles. The Morgan fingerprint density at radius 2 is 2.36 bits per heavy atom.